The molecule has 4 heteroatoms. The Morgan fingerprint density at radius 3 is 2.72 bits per heavy atom. The van der Waals surface area contributed by atoms with Crippen LogP contribution in [0.1, 0.15) is 24.0 Å². The highest BCUT2D eigenvalue weighted by molar-refractivity contribution is 5.94. The molecule has 1 aliphatic carbocycles. The lowest BCUT2D eigenvalue weighted by molar-refractivity contribution is -0.131. The Labute approximate surface area is 105 Å². The van der Waals surface area contributed by atoms with E-state index in [1.165, 1.54) is 6.08 Å². The summed E-state index contributed by atoms with van der Waals surface area (Å²) in [7, 11) is 0. The number of carboxylic acid groups (broad SMARTS) is 1. The number of aliphatic carboxylic acids is 1. The summed E-state index contributed by atoms with van der Waals surface area (Å²) in [6.45, 7) is 1.90. The van der Waals surface area contributed by atoms with E-state index in [-0.39, 0.29) is 11.8 Å². The van der Waals surface area contributed by atoms with Crippen LogP contribution in [-0.2, 0) is 9.59 Å². The first-order valence-electron chi connectivity index (χ1n) is 5.89. The number of rotatable bonds is 4. The fourth-order valence-corrected chi connectivity index (χ4v) is 1.65. The summed E-state index contributed by atoms with van der Waals surface area (Å²) in [5.74, 6) is -0.779. The average molecular weight is 245 g/mol. The van der Waals surface area contributed by atoms with Crippen LogP contribution in [0.5, 0.6) is 0 Å². The van der Waals surface area contributed by atoms with Crippen molar-refractivity contribution >= 4 is 23.6 Å². The fraction of sp³-hybridized carbons (Fsp3) is 0.286. The van der Waals surface area contributed by atoms with Gasteiger partial charge in [-0.3, -0.25) is 4.79 Å². The zero-order valence-corrected chi connectivity index (χ0v) is 10.1. The van der Waals surface area contributed by atoms with E-state index in [1.54, 1.807) is 6.07 Å². The van der Waals surface area contributed by atoms with Crippen LogP contribution in [0, 0.1) is 12.8 Å². The lowest BCUT2D eigenvalue weighted by Crippen LogP contribution is -2.13. The van der Waals surface area contributed by atoms with Crippen molar-refractivity contribution in [2.75, 3.05) is 5.32 Å². The second kappa shape index (κ2) is 5.04. The minimum absolute atomic E-state index is 0.0482. The molecule has 1 aliphatic rings. The summed E-state index contributed by atoms with van der Waals surface area (Å²) in [6, 6.07) is 5.48. The van der Waals surface area contributed by atoms with E-state index in [1.807, 2.05) is 19.1 Å². The zero-order chi connectivity index (χ0) is 13.1. The van der Waals surface area contributed by atoms with E-state index in [2.05, 4.69) is 5.32 Å². The highest BCUT2D eigenvalue weighted by Crippen LogP contribution is 2.30. The van der Waals surface area contributed by atoms with Gasteiger partial charge in [-0.1, -0.05) is 6.07 Å². The highest BCUT2D eigenvalue weighted by atomic mass is 16.4. The van der Waals surface area contributed by atoms with Gasteiger partial charge in [0.15, 0.2) is 0 Å². The van der Waals surface area contributed by atoms with Gasteiger partial charge in [0.05, 0.1) is 0 Å². The van der Waals surface area contributed by atoms with Crippen molar-refractivity contribution in [1.82, 2.24) is 0 Å². The maximum atomic E-state index is 11.6. The molecular weight excluding hydrogens is 230 g/mol. The van der Waals surface area contributed by atoms with E-state index in [4.69, 9.17) is 5.11 Å². The second-order valence-corrected chi connectivity index (χ2v) is 4.51. The zero-order valence-electron chi connectivity index (χ0n) is 10.1. The molecule has 1 aromatic rings. The molecule has 94 valence electrons. The molecule has 1 aromatic carbocycles. The summed E-state index contributed by atoms with van der Waals surface area (Å²) in [5.41, 5.74) is 2.48. The third-order valence-electron chi connectivity index (χ3n) is 2.90. The summed E-state index contributed by atoms with van der Waals surface area (Å²) >= 11 is 0. The lowest BCUT2D eigenvalue weighted by atomic mass is 10.1. The standard InChI is InChI=1S/C14H15NO3/c1-9-2-6-12(15-14(18)10-3-4-10)8-11(9)5-7-13(16)17/h2,5-8,10H,3-4H2,1H3,(H,15,18)(H,16,17). The number of benzene rings is 1. The number of carbonyl (C=O) groups is 2. The monoisotopic (exact) mass is 245 g/mol. The molecule has 4 nitrogen and oxygen atoms in total. The van der Waals surface area contributed by atoms with Gasteiger partial charge in [0.1, 0.15) is 0 Å². The number of hydrogen-bond acceptors (Lipinski definition) is 2. The van der Waals surface area contributed by atoms with Gasteiger partial charge in [-0.25, -0.2) is 4.79 Å². The predicted octanol–water partition coefficient (Wildman–Crippen LogP) is 2.44. The first-order chi connectivity index (χ1) is 8.56. The SMILES string of the molecule is Cc1ccc(NC(=O)C2CC2)cc1C=CC(=O)O. The maximum absolute atomic E-state index is 11.6. The Hall–Kier alpha value is -2.10. The summed E-state index contributed by atoms with van der Waals surface area (Å²) < 4.78 is 0. The molecule has 2 N–H and O–H groups in total. The highest BCUT2D eigenvalue weighted by Gasteiger charge is 2.29. The quantitative estimate of drug-likeness (QED) is 0.801. The van der Waals surface area contributed by atoms with Crippen LogP contribution >= 0.6 is 0 Å². The van der Waals surface area contributed by atoms with E-state index in [9.17, 15) is 9.59 Å². The first kappa shape index (κ1) is 12.4. The van der Waals surface area contributed by atoms with Crippen molar-refractivity contribution in [3.63, 3.8) is 0 Å². The number of carbonyl (C=O) groups excluding carboxylic acids is 1. The molecular formula is C14H15NO3. The molecule has 0 atom stereocenters. The van der Waals surface area contributed by atoms with Gasteiger partial charge in [-0.15, -0.1) is 0 Å². The van der Waals surface area contributed by atoms with Gasteiger partial charge >= 0.3 is 5.97 Å². The van der Waals surface area contributed by atoms with Crippen LogP contribution < -0.4 is 5.32 Å². The molecule has 0 bridgehead atoms. The largest absolute Gasteiger partial charge is 0.478 e. The molecule has 0 saturated heterocycles. The summed E-state index contributed by atoms with van der Waals surface area (Å²) in [6.07, 6.45) is 4.55. The van der Waals surface area contributed by atoms with Crippen LogP contribution in [-0.4, -0.2) is 17.0 Å². The van der Waals surface area contributed by atoms with Gasteiger partial charge in [0, 0.05) is 17.7 Å². The molecule has 0 aromatic heterocycles. The van der Waals surface area contributed by atoms with Crippen molar-refractivity contribution < 1.29 is 14.7 Å². The molecule has 0 aliphatic heterocycles. The Balaban J connectivity index is 2.14. The van der Waals surface area contributed by atoms with Crippen molar-refractivity contribution in [3.8, 4) is 0 Å². The summed E-state index contributed by atoms with van der Waals surface area (Å²) in [5, 5.41) is 11.4. The van der Waals surface area contributed by atoms with E-state index < -0.39 is 5.97 Å². The van der Waals surface area contributed by atoms with Crippen LogP contribution in [0.15, 0.2) is 24.3 Å². The Kier molecular flexibility index (Phi) is 3.46. The molecule has 18 heavy (non-hydrogen) atoms. The Morgan fingerprint density at radius 2 is 2.11 bits per heavy atom. The first-order valence-corrected chi connectivity index (χ1v) is 5.89. The van der Waals surface area contributed by atoms with Gasteiger partial charge in [-0.2, -0.15) is 0 Å². The van der Waals surface area contributed by atoms with Crippen LogP contribution in [0.4, 0.5) is 5.69 Å². The topological polar surface area (TPSA) is 66.4 Å². The van der Waals surface area contributed by atoms with Gasteiger partial charge in [0.25, 0.3) is 0 Å². The Morgan fingerprint density at radius 1 is 1.39 bits per heavy atom. The normalized spacial score (nSPS) is 14.7. The minimum atomic E-state index is -0.984. The number of amides is 1. The number of hydrogen-bond donors (Lipinski definition) is 2. The van der Waals surface area contributed by atoms with E-state index in [0.717, 1.165) is 30.0 Å². The Bertz CT molecular complexity index is 516. The number of anilines is 1. The van der Waals surface area contributed by atoms with Crippen molar-refractivity contribution in [2.24, 2.45) is 5.92 Å². The average Bonchev–Trinajstić information content (AvgIpc) is 3.13. The van der Waals surface area contributed by atoms with E-state index >= 15 is 0 Å². The molecule has 2 rings (SSSR count). The van der Waals surface area contributed by atoms with E-state index in [0.29, 0.717) is 5.69 Å². The molecule has 0 unspecified atom stereocenters. The smallest absolute Gasteiger partial charge is 0.328 e. The third-order valence-corrected chi connectivity index (χ3v) is 2.90. The van der Waals surface area contributed by atoms with Gasteiger partial charge in [-0.05, 0) is 49.1 Å². The van der Waals surface area contributed by atoms with Crippen LogP contribution in [0.2, 0.25) is 0 Å². The molecule has 0 spiro atoms. The number of carboxylic acids is 1. The van der Waals surface area contributed by atoms with Gasteiger partial charge < -0.3 is 10.4 Å². The fourth-order valence-electron chi connectivity index (χ4n) is 1.65. The van der Waals surface area contributed by atoms with Gasteiger partial charge in [0.2, 0.25) is 5.91 Å². The van der Waals surface area contributed by atoms with Crippen LogP contribution in [0.25, 0.3) is 6.08 Å². The van der Waals surface area contributed by atoms with Crippen LogP contribution in [0.3, 0.4) is 0 Å². The van der Waals surface area contributed by atoms with Crippen molar-refractivity contribution in [2.45, 2.75) is 19.8 Å². The lowest BCUT2D eigenvalue weighted by Gasteiger charge is -2.07. The molecule has 1 amide bonds. The minimum Gasteiger partial charge on any atom is -0.478 e. The molecule has 0 heterocycles. The molecule has 0 radical (unpaired) electrons. The number of aryl methyl sites for hydroxylation is 1. The molecule has 1 saturated carbocycles. The van der Waals surface area contributed by atoms with Crippen molar-refractivity contribution in [1.29, 1.82) is 0 Å². The molecule has 1 fully saturated rings. The maximum Gasteiger partial charge on any atom is 0.328 e. The summed E-state index contributed by atoms with van der Waals surface area (Å²) in [4.78, 5) is 22.1. The number of nitrogens with one attached hydrogen (secondary N) is 1. The van der Waals surface area contributed by atoms with Crippen molar-refractivity contribution in [3.05, 3.63) is 35.4 Å². The second-order valence-electron chi connectivity index (χ2n) is 4.51. The predicted molar refractivity (Wildman–Crippen MR) is 69.2 cm³/mol. The third kappa shape index (κ3) is 3.20.